The molecule has 0 atom stereocenters. The molecule has 0 spiro atoms. The molecule has 0 radical (unpaired) electrons. The Morgan fingerprint density at radius 2 is 2.00 bits per heavy atom. The lowest BCUT2D eigenvalue weighted by atomic mass is 10.1. The maximum atomic E-state index is 11.8. The number of carbonyl (C=O) groups excluding carboxylic acids is 1. The lowest BCUT2D eigenvalue weighted by molar-refractivity contribution is 0.0952. The number of hydrogen-bond donors (Lipinski definition) is 2. The molecule has 0 bridgehead atoms. The zero-order valence-corrected chi connectivity index (χ0v) is 12.0. The summed E-state index contributed by atoms with van der Waals surface area (Å²) in [6, 6.07) is 14.3. The maximum absolute atomic E-state index is 11.8. The first kappa shape index (κ1) is 15.1. The number of nitrogens with zero attached hydrogens (tertiary/aromatic N) is 1. The van der Waals surface area contributed by atoms with Gasteiger partial charge >= 0.3 is 0 Å². The van der Waals surface area contributed by atoms with Gasteiger partial charge in [-0.3, -0.25) is 4.79 Å². The quantitative estimate of drug-likeness (QED) is 0.657. The smallest absolute Gasteiger partial charge is 0.275 e. The number of rotatable bonds is 5. The van der Waals surface area contributed by atoms with Crippen LogP contribution in [0.5, 0.6) is 5.75 Å². The molecule has 2 rings (SSSR count). The molecule has 0 saturated carbocycles. The maximum Gasteiger partial charge on any atom is 0.275 e. The Morgan fingerprint density at radius 1 is 1.24 bits per heavy atom. The van der Waals surface area contributed by atoms with Gasteiger partial charge in [-0.25, -0.2) is 5.43 Å². The summed E-state index contributed by atoms with van der Waals surface area (Å²) in [5.74, 6) is -0.639. The van der Waals surface area contributed by atoms with E-state index in [4.69, 9.17) is 11.6 Å². The van der Waals surface area contributed by atoms with Crippen molar-refractivity contribution < 1.29 is 9.90 Å². The van der Waals surface area contributed by atoms with Gasteiger partial charge in [0, 0.05) is 11.2 Å². The molecule has 0 heterocycles. The van der Waals surface area contributed by atoms with Gasteiger partial charge < -0.3 is 5.11 Å². The Bertz CT molecular complexity index is 642. The van der Waals surface area contributed by atoms with Gasteiger partial charge in [0.15, 0.2) is 0 Å². The number of amides is 1. The average molecular weight is 303 g/mol. The normalized spacial score (nSPS) is 10.7. The predicted octanol–water partition coefficient (Wildman–Crippen LogP) is 3.39. The van der Waals surface area contributed by atoms with E-state index < -0.39 is 5.91 Å². The SMILES string of the molecule is O=C(NN=CCCc1ccccc1)c1ccc(Cl)cc1O. The van der Waals surface area contributed by atoms with Gasteiger partial charge in [-0.15, -0.1) is 0 Å². The van der Waals surface area contributed by atoms with E-state index in [0.717, 1.165) is 12.8 Å². The molecule has 2 aromatic carbocycles. The van der Waals surface area contributed by atoms with E-state index in [1.807, 2.05) is 30.3 Å². The number of benzene rings is 2. The molecule has 0 fully saturated rings. The van der Waals surface area contributed by atoms with E-state index in [2.05, 4.69) is 10.5 Å². The summed E-state index contributed by atoms with van der Waals surface area (Å²) in [7, 11) is 0. The van der Waals surface area contributed by atoms with Crippen molar-refractivity contribution in [2.45, 2.75) is 12.8 Å². The number of nitrogens with one attached hydrogen (secondary N) is 1. The zero-order valence-electron chi connectivity index (χ0n) is 11.3. The molecule has 0 unspecified atom stereocenters. The standard InChI is InChI=1S/C16H15ClN2O2/c17-13-8-9-14(15(20)11-13)16(21)19-18-10-4-7-12-5-2-1-3-6-12/h1-3,5-6,8-11,20H,4,7H2,(H,19,21). The Labute approximate surface area is 128 Å². The van der Waals surface area contributed by atoms with Crippen LogP contribution < -0.4 is 5.43 Å². The zero-order chi connectivity index (χ0) is 15.1. The van der Waals surface area contributed by atoms with E-state index in [0.29, 0.717) is 5.02 Å². The third kappa shape index (κ3) is 4.61. The molecule has 0 saturated heterocycles. The topological polar surface area (TPSA) is 61.7 Å². The van der Waals surface area contributed by atoms with Crippen molar-refractivity contribution >= 4 is 23.7 Å². The second kappa shape index (κ2) is 7.45. The van der Waals surface area contributed by atoms with E-state index in [-0.39, 0.29) is 11.3 Å². The first-order valence-electron chi connectivity index (χ1n) is 6.51. The number of aromatic hydroxyl groups is 1. The summed E-state index contributed by atoms with van der Waals surface area (Å²) in [5, 5.41) is 13.8. The average Bonchev–Trinajstić information content (AvgIpc) is 2.47. The summed E-state index contributed by atoms with van der Waals surface area (Å²) in [4.78, 5) is 11.8. The summed E-state index contributed by atoms with van der Waals surface area (Å²) in [6.45, 7) is 0. The van der Waals surface area contributed by atoms with Crippen molar-refractivity contribution in [2.24, 2.45) is 5.10 Å². The summed E-state index contributed by atoms with van der Waals surface area (Å²) < 4.78 is 0. The van der Waals surface area contributed by atoms with E-state index >= 15 is 0 Å². The first-order chi connectivity index (χ1) is 10.2. The fraction of sp³-hybridized carbons (Fsp3) is 0.125. The van der Waals surface area contributed by atoms with Crippen LogP contribution in [0, 0.1) is 0 Å². The van der Waals surface area contributed by atoms with Crippen LogP contribution >= 0.6 is 11.6 Å². The van der Waals surface area contributed by atoms with Crippen molar-refractivity contribution in [3.63, 3.8) is 0 Å². The van der Waals surface area contributed by atoms with Crippen LogP contribution in [0.3, 0.4) is 0 Å². The lowest BCUT2D eigenvalue weighted by Crippen LogP contribution is -2.17. The number of hydrazone groups is 1. The summed E-state index contributed by atoms with van der Waals surface area (Å²) >= 11 is 5.70. The molecule has 0 aliphatic rings. The second-order valence-electron chi connectivity index (χ2n) is 4.44. The molecule has 4 nitrogen and oxygen atoms in total. The minimum absolute atomic E-state index is 0.139. The van der Waals surface area contributed by atoms with Gasteiger partial charge in [0.1, 0.15) is 5.75 Å². The van der Waals surface area contributed by atoms with Crippen molar-refractivity contribution in [1.29, 1.82) is 0 Å². The molecular weight excluding hydrogens is 288 g/mol. The highest BCUT2D eigenvalue weighted by molar-refractivity contribution is 6.30. The minimum atomic E-state index is -0.472. The van der Waals surface area contributed by atoms with Crippen molar-refractivity contribution in [2.75, 3.05) is 0 Å². The highest BCUT2D eigenvalue weighted by Crippen LogP contribution is 2.21. The molecule has 5 heteroatoms. The highest BCUT2D eigenvalue weighted by Gasteiger charge is 2.10. The number of aryl methyl sites for hydroxylation is 1. The number of hydrogen-bond acceptors (Lipinski definition) is 3. The molecule has 2 N–H and O–H groups in total. The van der Waals surface area contributed by atoms with Crippen LogP contribution in [0.4, 0.5) is 0 Å². The van der Waals surface area contributed by atoms with Crippen LogP contribution in [-0.4, -0.2) is 17.2 Å². The molecule has 108 valence electrons. The molecule has 21 heavy (non-hydrogen) atoms. The Morgan fingerprint density at radius 3 is 2.71 bits per heavy atom. The third-order valence-electron chi connectivity index (χ3n) is 2.87. The van der Waals surface area contributed by atoms with E-state index in [1.54, 1.807) is 6.21 Å². The van der Waals surface area contributed by atoms with Gasteiger partial charge in [-0.2, -0.15) is 5.10 Å². The largest absolute Gasteiger partial charge is 0.507 e. The van der Waals surface area contributed by atoms with Crippen LogP contribution in [0.15, 0.2) is 53.6 Å². The van der Waals surface area contributed by atoms with Gasteiger partial charge in [0.25, 0.3) is 5.91 Å². The van der Waals surface area contributed by atoms with Gasteiger partial charge in [0.05, 0.1) is 5.56 Å². The van der Waals surface area contributed by atoms with E-state index in [9.17, 15) is 9.90 Å². The first-order valence-corrected chi connectivity index (χ1v) is 6.89. The number of halogens is 1. The monoisotopic (exact) mass is 302 g/mol. The second-order valence-corrected chi connectivity index (χ2v) is 4.87. The van der Waals surface area contributed by atoms with Crippen LogP contribution in [-0.2, 0) is 6.42 Å². The Balaban J connectivity index is 1.82. The van der Waals surface area contributed by atoms with Gasteiger partial charge in [-0.1, -0.05) is 41.9 Å². The fourth-order valence-corrected chi connectivity index (χ4v) is 1.97. The Kier molecular flexibility index (Phi) is 5.35. The molecule has 2 aromatic rings. The fourth-order valence-electron chi connectivity index (χ4n) is 1.80. The molecular formula is C16H15ClN2O2. The van der Waals surface area contributed by atoms with Crippen LogP contribution in [0.2, 0.25) is 5.02 Å². The molecule has 0 aliphatic heterocycles. The van der Waals surface area contributed by atoms with Gasteiger partial charge in [-0.05, 0) is 36.6 Å². The van der Waals surface area contributed by atoms with Crippen molar-refractivity contribution in [3.8, 4) is 5.75 Å². The number of phenols is 1. The third-order valence-corrected chi connectivity index (χ3v) is 3.10. The van der Waals surface area contributed by atoms with Crippen molar-refractivity contribution in [1.82, 2.24) is 5.43 Å². The summed E-state index contributed by atoms with van der Waals surface area (Å²) in [6.07, 6.45) is 3.21. The van der Waals surface area contributed by atoms with Crippen LogP contribution in [0.25, 0.3) is 0 Å². The Hall–Kier alpha value is -2.33. The van der Waals surface area contributed by atoms with Crippen molar-refractivity contribution in [3.05, 3.63) is 64.7 Å². The lowest BCUT2D eigenvalue weighted by Gasteiger charge is -2.03. The molecule has 0 aliphatic carbocycles. The molecule has 1 amide bonds. The highest BCUT2D eigenvalue weighted by atomic mass is 35.5. The van der Waals surface area contributed by atoms with Gasteiger partial charge in [0.2, 0.25) is 0 Å². The number of carbonyl (C=O) groups is 1. The minimum Gasteiger partial charge on any atom is -0.507 e. The van der Waals surface area contributed by atoms with E-state index in [1.165, 1.54) is 23.8 Å². The predicted molar refractivity (Wildman–Crippen MR) is 83.8 cm³/mol. The summed E-state index contributed by atoms with van der Waals surface area (Å²) in [5.41, 5.74) is 3.73. The molecule has 0 aromatic heterocycles. The number of phenolic OH excluding ortho intramolecular Hbond substituents is 1. The van der Waals surface area contributed by atoms with Crippen LogP contribution in [0.1, 0.15) is 22.3 Å².